The van der Waals surface area contributed by atoms with E-state index in [0.717, 1.165) is 10.9 Å². The molecule has 0 aliphatic heterocycles. The monoisotopic (exact) mass is 391 g/mol. The Balaban J connectivity index is 2.28. The number of nitrogens with zero attached hydrogens (tertiary/aromatic N) is 2. The van der Waals surface area contributed by atoms with Gasteiger partial charge in [-0.1, -0.05) is 22.9 Å². The number of ether oxygens (including phenoxy) is 1. The fourth-order valence-corrected chi connectivity index (χ4v) is 2.63. The van der Waals surface area contributed by atoms with Crippen molar-refractivity contribution in [3.8, 4) is 11.8 Å². The third-order valence-corrected chi connectivity index (χ3v) is 3.93. The Hall–Kier alpha value is -2.17. The van der Waals surface area contributed by atoms with E-state index in [2.05, 4.69) is 26.2 Å². The molecule has 5 nitrogen and oxygen atoms in total. The number of rotatable bonds is 6. The van der Waals surface area contributed by atoms with Gasteiger partial charge in [0.1, 0.15) is 17.4 Å². The fraction of sp³-hybridized carbons (Fsp3) is 0.188. The quantitative estimate of drug-likeness (QED) is 0.590. The van der Waals surface area contributed by atoms with Crippen molar-refractivity contribution in [2.45, 2.75) is 13.3 Å². The Morgan fingerprint density at radius 3 is 3.04 bits per heavy atom. The van der Waals surface area contributed by atoms with E-state index in [0.29, 0.717) is 23.1 Å². The largest absolute Gasteiger partial charge is 0.493 e. The van der Waals surface area contributed by atoms with Gasteiger partial charge in [-0.2, -0.15) is 5.26 Å². The summed E-state index contributed by atoms with van der Waals surface area (Å²) in [6.45, 7) is 2.58. The van der Waals surface area contributed by atoms with Gasteiger partial charge in [-0.15, -0.1) is 11.3 Å². The van der Waals surface area contributed by atoms with Crippen LogP contribution in [0.2, 0.25) is 0 Å². The second-order valence-corrected chi connectivity index (χ2v) is 6.30. The van der Waals surface area contributed by atoms with Crippen LogP contribution in [-0.2, 0) is 4.79 Å². The molecule has 0 saturated carbocycles. The first-order valence-corrected chi connectivity index (χ1v) is 8.56. The molecule has 0 radical (unpaired) electrons. The number of anilines is 1. The number of nitriles is 1. The van der Waals surface area contributed by atoms with E-state index in [9.17, 15) is 10.1 Å². The predicted molar refractivity (Wildman–Crippen MR) is 94.3 cm³/mol. The zero-order chi connectivity index (χ0) is 16.7. The fourth-order valence-electron chi connectivity index (χ4n) is 1.73. The lowest BCUT2D eigenvalue weighted by molar-refractivity contribution is -0.112. The van der Waals surface area contributed by atoms with E-state index in [1.165, 1.54) is 17.4 Å². The summed E-state index contributed by atoms with van der Waals surface area (Å²) in [6, 6.07) is 7.38. The number of carbonyl (C=O) groups is 1. The number of thiazole rings is 1. The van der Waals surface area contributed by atoms with Gasteiger partial charge in [0.05, 0.1) is 6.61 Å². The van der Waals surface area contributed by atoms with Gasteiger partial charge >= 0.3 is 0 Å². The standard InChI is InChI=1S/C16H14BrN3O2S/c1-2-6-22-14-4-3-13(17)9-11(14)8-12(10-18)15(21)20-16-19-5-7-23-16/h3-5,7-9H,2,6H2,1H3,(H,19,20,21)/b12-8+. The van der Waals surface area contributed by atoms with Gasteiger partial charge in [0.25, 0.3) is 5.91 Å². The third-order valence-electron chi connectivity index (χ3n) is 2.75. The average Bonchev–Trinajstić information content (AvgIpc) is 3.04. The first-order chi connectivity index (χ1) is 11.1. The van der Waals surface area contributed by atoms with Crippen LogP contribution < -0.4 is 10.1 Å². The highest BCUT2D eigenvalue weighted by Gasteiger charge is 2.12. The van der Waals surface area contributed by atoms with Gasteiger partial charge in [-0.25, -0.2) is 4.98 Å². The molecule has 2 rings (SSSR count). The number of nitrogens with one attached hydrogen (secondary N) is 1. The third kappa shape index (κ3) is 4.91. The maximum atomic E-state index is 12.2. The van der Waals surface area contributed by atoms with Crippen molar-refractivity contribution in [2.24, 2.45) is 0 Å². The Bertz CT molecular complexity index is 751. The minimum absolute atomic E-state index is 0.0142. The Kier molecular flexibility index (Phi) is 6.32. The molecule has 2 aromatic rings. The van der Waals surface area contributed by atoms with Crippen molar-refractivity contribution >= 4 is 44.4 Å². The first-order valence-electron chi connectivity index (χ1n) is 6.89. The van der Waals surface area contributed by atoms with Crippen LogP contribution in [-0.4, -0.2) is 17.5 Å². The number of benzene rings is 1. The van der Waals surface area contributed by atoms with Crippen LogP contribution in [0.4, 0.5) is 5.13 Å². The lowest BCUT2D eigenvalue weighted by Crippen LogP contribution is -2.13. The van der Waals surface area contributed by atoms with Crippen molar-refractivity contribution in [3.05, 3.63) is 45.4 Å². The molecule has 0 fully saturated rings. The Morgan fingerprint density at radius 1 is 1.57 bits per heavy atom. The van der Waals surface area contributed by atoms with Crippen LogP contribution in [0.1, 0.15) is 18.9 Å². The van der Waals surface area contributed by atoms with Crippen LogP contribution in [0.5, 0.6) is 5.75 Å². The molecule has 1 heterocycles. The molecule has 0 aliphatic rings. The predicted octanol–water partition coefficient (Wildman–Crippen LogP) is 4.24. The van der Waals surface area contributed by atoms with E-state index < -0.39 is 5.91 Å². The molecule has 23 heavy (non-hydrogen) atoms. The summed E-state index contributed by atoms with van der Waals surface area (Å²) < 4.78 is 6.49. The second kappa shape index (κ2) is 8.46. The van der Waals surface area contributed by atoms with Crippen LogP contribution in [0, 0.1) is 11.3 Å². The topological polar surface area (TPSA) is 75.0 Å². The summed E-state index contributed by atoms with van der Waals surface area (Å²) in [5.74, 6) is 0.133. The smallest absolute Gasteiger partial charge is 0.268 e. The Morgan fingerprint density at radius 2 is 2.39 bits per heavy atom. The second-order valence-electron chi connectivity index (χ2n) is 4.49. The van der Waals surface area contributed by atoms with Crippen molar-refractivity contribution < 1.29 is 9.53 Å². The molecule has 0 atom stereocenters. The molecule has 0 spiro atoms. The Labute approximate surface area is 146 Å². The highest BCUT2D eigenvalue weighted by atomic mass is 79.9. The minimum Gasteiger partial charge on any atom is -0.493 e. The summed E-state index contributed by atoms with van der Waals surface area (Å²) in [5, 5.41) is 14.1. The van der Waals surface area contributed by atoms with Crippen molar-refractivity contribution in [1.82, 2.24) is 4.98 Å². The van der Waals surface area contributed by atoms with Gasteiger partial charge in [0.15, 0.2) is 5.13 Å². The molecular formula is C16H14BrN3O2S. The van der Waals surface area contributed by atoms with Crippen molar-refractivity contribution in [3.63, 3.8) is 0 Å². The number of halogens is 1. The average molecular weight is 392 g/mol. The lowest BCUT2D eigenvalue weighted by atomic mass is 10.1. The van der Waals surface area contributed by atoms with E-state index in [1.54, 1.807) is 23.7 Å². The zero-order valence-corrected chi connectivity index (χ0v) is 14.8. The van der Waals surface area contributed by atoms with E-state index in [-0.39, 0.29) is 5.57 Å². The number of hydrogen-bond donors (Lipinski definition) is 1. The van der Waals surface area contributed by atoms with Crippen LogP contribution in [0.3, 0.4) is 0 Å². The number of amides is 1. The van der Waals surface area contributed by atoms with Crippen LogP contribution in [0.15, 0.2) is 39.8 Å². The normalized spacial score (nSPS) is 10.9. The number of hydrogen-bond acceptors (Lipinski definition) is 5. The van der Waals surface area contributed by atoms with Crippen LogP contribution >= 0.6 is 27.3 Å². The molecule has 1 amide bonds. The zero-order valence-electron chi connectivity index (χ0n) is 12.4. The van der Waals surface area contributed by atoms with Gasteiger partial charge in [-0.3, -0.25) is 10.1 Å². The van der Waals surface area contributed by atoms with E-state index in [4.69, 9.17) is 4.74 Å². The van der Waals surface area contributed by atoms with E-state index >= 15 is 0 Å². The molecule has 7 heteroatoms. The molecule has 0 aliphatic carbocycles. The summed E-state index contributed by atoms with van der Waals surface area (Å²) >= 11 is 4.68. The highest BCUT2D eigenvalue weighted by Crippen LogP contribution is 2.26. The number of aromatic nitrogens is 1. The maximum absolute atomic E-state index is 12.2. The molecule has 1 N–H and O–H groups in total. The number of carbonyl (C=O) groups excluding carboxylic acids is 1. The minimum atomic E-state index is -0.496. The van der Waals surface area contributed by atoms with Gasteiger partial charge in [0.2, 0.25) is 0 Å². The molecule has 1 aromatic carbocycles. The van der Waals surface area contributed by atoms with Crippen molar-refractivity contribution in [1.29, 1.82) is 5.26 Å². The maximum Gasteiger partial charge on any atom is 0.268 e. The summed E-state index contributed by atoms with van der Waals surface area (Å²) in [7, 11) is 0. The van der Waals surface area contributed by atoms with Crippen LogP contribution in [0.25, 0.3) is 6.08 Å². The molecule has 0 bridgehead atoms. The first kappa shape index (κ1) is 17.2. The molecule has 0 unspecified atom stereocenters. The van der Waals surface area contributed by atoms with E-state index in [1.807, 2.05) is 19.1 Å². The molecular weight excluding hydrogens is 378 g/mol. The highest BCUT2D eigenvalue weighted by molar-refractivity contribution is 9.10. The van der Waals surface area contributed by atoms with Crippen molar-refractivity contribution in [2.75, 3.05) is 11.9 Å². The summed E-state index contributed by atoms with van der Waals surface area (Å²) in [4.78, 5) is 16.1. The SMILES string of the molecule is CCCOc1ccc(Br)cc1/C=C(\C#N)C(=O)Nc1nccs1. The van der Waals surface area contributed by atoms with Gasteiger partial charge < -0.3 is 4.74 Å². The molecule has 118 valence electrons. The van der Waals surface area contributed by atoms with Gasteiger partial charge in [-0.05, 0) is 30.7 Å². The molecule has 1 aromatic heterocycles. The molecule has 0 saturated heterocycles. The summed E-state index contributed by atoms with van der Waals surface area (Å²) in [5.41, 5.74) is 0.651. The lowest BCUT2D eigenvalue weighted by Gasteiger charge is -2.09. The summed E-state index contributed by atoms with van der Waals surface area (Å²) in [6.07, 6.45) is 3.97. The van der Waals surface area contributed by atoms with Gasteiger partial charge in [0, 0.05) is 21.6 Å².